The van der Waals surface area contributed by atoms with Crippen molar-refractivity contribution in [2.45, 2.75) is 24.3 Å². The van der Waals surface area contributed by atoms with Gasteiger partial charge in [0.1, 0.15) is 6.04 Å². The number of sulfonamides is 1. The number of thioether (sulfide) groups is 1. The number of carboxylic acids is 1. The largest absolute Gasteiger partial charge is 0.480 e. The Hall–Kier alpha value is -0.530. The van der Waals surface area contributed by atoms with E-state index in [1.165, 1.54) is 22.1 Å². The third-order valence-electron chi connectivity index (χ3n) is 2.94. The van der Waals surface area contributed by atoms with E-state index in [1.54, 1.807) is 0 Å². The van der Waals surface area contributed by atoms with E-state index in [0.717, 1.165) is 12.8 Å². The van der Waals surface area contributed by atoms with Crippen molar-refractivity contribution in [3.05, 3.63) is 12.7 Å². The lowest BCUT2D eigenvalue weighted by Gasteiger charge is -2.25. The zero-order valence-corrected chi connectivity index (χ0v) is 10.9. The van der Waals surface area contributed by atoms with Crippen LogP contribution in [0, 0.1) is 5.92 Å². The van der Waals surface area contributed by atoms with Crippen molar-refractivity contribution in [1.29, 1.82) is 0 Å². The fraction of sp³-hybridized carbons (Fsp3) is 0.700. The van der Waals surface area contributed by atoms with Gasteiger partial charge in [-0.15, -0.1) is 18.3 Å². The van der Waals surface area contributed by atoms with Crippen LogP contribution in [0.5, 0.6) is 0 Å². The van der Waals surface area contributed by atoms with Crippen molar-refractivity contribution in [1.82, 2.24) is 4.31 Å². The molecular weight excluding hydrogens is 262 g/mol. The Morgan fingerprint density at radius 3 is 2.65 bits per heavy atom. The van der Waals surface area contributed by atoms with Crippen LogP contribution in [0.4, 0.5) is 0 Å². The van der Waals surface area contributed by atoms with Gasteiger partial charge in [-0.05, 0) is 18.8 Å². The van der Waals surface area contributed by atoms with E-state index >= 15 is 0 Å². The lowest BCUT2D eigenvalue weighted by Crippen LogP contribution is -2.46. The van der Waals surface area contributed by atoms with Gasteiger partial charge in [0.2, 0.25) is 10.0 Å². The molecular formula is C10H15NO4S2. The number of hydrogen-bond donors (Lipinski definition) is 1. The van der Waals surface area contributed by atoms with Gasteiger partial charge in [0.15, 0.2) is 0 Å². The van der Waals surface area contributed by atoms with E-state index in [1.807, 2.05) is 0 Å². The maximum atomic E-state index is 12.1. The molecule has 1 N–H and O–H groups in total. The van der Waals surface area contributed by atoms with E-state index in [0.29, 0.717) is 11.7 Å². The van der Waals surface area contributed by atoms with Crippen LogP contribution in [0.2, 0.25) is 0 Å². The zero-order chi connectivity index (χ0) is 12.6. The molecule has 0 bridgehead atoms. The summed E-state index contributed by atoms with van der Waals surface area (Å²) < 4.78 is 25.3. The Labute approximate surface area is 105 Å². The van der Waals surface area contributed by atoms with E-state index in [-0.39, 0.29) is 11.1 Å². The predicted octanol–water partition coefficient (Wildman–Crippen LogP) is 0.740. The summed E-state index contributed by atoms with van der Waals surface area (Å²) in [5, 5.41) is 8.90. The Morgan fingerprint density at radius 2 is 2.18 bits per heavy atom. The van der Waals surface area contributed by atoms with Gasteiger partial charge in [0.05, 0.1) is 11.1 Å². The lowest BCUT2D eigenvalue weighted by molar-refractivity contribution is -0.140. The molecule has 2 fully saturated rings. The maximum absolute atomic E-state index is 12.1. The number of carboxylic acid groups (broad SMARTS) is 1. The third-order valence-corrected chi connectivity index (χ3v) is 6.32. The first-order valence-electron chi connectivity index (χ1n) is 5.44. The van der Waals surface area contributed by atoms with Gasteiger partial charge in [-0.3, -0.25) is 4.79 Å². The number of rotatable bonds is 5. The van der Waals surface area contributed by atoms with Gasteiger partial charge in [-0.25, -0.2) is 8.42 Å². The van der Waals surface area contributed by atoms with Gasteiger partial charge < -0.3 is 5.11 Å². The summed E-state index contributed by atoms with van der Waals surface area (Å²) in [6.45, 7) is 3.41. The average Bonchev–Trinajstić information content (AvgIpc) is 2.96. The first kappa shape index (κ1) is 12.9. The molecule has 0 aromatic rings. The summed E-state index contributed by atoms with van der Waals surface area (Å²) in [7, 11) is -3.54. The monoisotopic (exact) mass is 277 g/mol. The van der Waals surface area contributed by atoms with E-state index in [4.69, 9.17) is 5.11 Å². The second-order valence-electron chi connectivity index (χ2n) is 4.31. The van der Waals surface area contributed by atoms with Crippen LogP contribution in [0.1, 0.15) is 12.8 Å². The van der Waals surface area contributed by atoms with Gasteiger partial charge >= 0.3 is 5.97 Å². The first-order chi connectivity index (χ1) is 7.97. The van der Waals surface area contributed by atoms with Crippen molar-refractivity contribution in [2.75, 3.05) is 11.5 Å². The van der Waals surface area contributed by atoms with Gasteiger partial charge in [0, 0.05) is 5.75 Å². The Kier molecular flexibility index (Phi) is 3.51. The SMILES string of the molecule is C=CCS(=O)(=O)N1C(C(=O)O)CSC1C1CC1. The maximum Gasteiger partial charge on any atom is 0.322 e. The van der Waals surface area contributed by atoms with Gasteiger partial charge in [0.25, 0.3) is 0 Å². The normalized spacial score (nSPS) is 30.4. The van der Waals surface area contributed by atoms with Crippen LogP contribution in [-0.2, 0) is 14.8 Å². The topological polar surface area (TPSA) is 74.7 Å². The Morgan fingerprint density at radius 1 is 1.53 bits per heavy atom. The number of carbonyl (C=O) groups is 1. The van der Waals surface area contributed by atoms with Crippen molar-refractivity contribution in [3.8, 4) is 0 Å². The summed E-state index contributed by atoms with van der Waals surface area (Å²) in [5.74, 6) is -0.592. The number of nitrogens with zero attached hydrogens (tertiary/aromatic N) is 1. The van der Waals surface area contributed by atoms with E-state index < -0.39 is 22.0 Å². The molecule has 0 aromatic carbocycles. The van der Waals surface area contributed by atoms with Crippen LogP contribution in [0.15, 0.2) is 12.7 Å². The quantitative estimate of drug-likeness (QED) is 0.750. The van der Waals surface area contributed by atoms with Crippen LogP contribution in [0.3, 0.4) is 0 Å². The molecule has 0 aromatic heterocycles. The van der Waals surface area contributed by atoms with E-state index in [2.05, 4.69) is 6.58 Å². The number of hydrogen-bond acceptors (Lipinski definition) is 4. The molecule has 1 aliphatic heterocycles. The minimum absolute atomic E-state index is 0.193. The summed E-state index contributed by atoms with van der Waals surface area (Å²) in [4.78, 5) is 11.1. The molecule has 0 amide bonds. The van der Waals surface area contributed by atoms with Crippen molar-refractivity contribution in [2.24, 2.45) is 5.92 Å². The van der Waals surface area contributed by atoms with E-state index in [9.17, 15) is 13.2 Å². The second kappa shape index (κ2) is 4.62. The van der Waals surface area contributed by atoms with Gasteiger partial charge in [-0.2, -0.15) is 4.31 Å². The Bertz CT molecular complexity index is 430. The predicted molar refractivity (Wildman–Crippen MR) is 66.2 cm³/mol. The van der Waals surface area contributed by atoms with Crippen LogP contribution in [-0.4, -0.2) is 46.7 Å². The summed E-state index contributed by atoms with van der Waals surface area (Å²) in [6.07, 6.45) is 3.29. The molecule has 17 heavy (non-hydrogen) atoms. The van der Waals surface area contributed by atoms with Crippen molar-refractivity contribution < 1.29 is 18.3 Å². The van der Waals surface area contributed by atoms with Crippen LogP contribution in [0.25, 0.3) is 0 Å². The van der Waals surface area contributed by atoms with Crippen molar-refractivity contribution in [3.63, 3.8) is 0 Å². The fourth-order valence-corrected chi connectivity index (χ4v) is 5.71. The summed E-state index contributed by atoms with van der Waals surface area (Å²) in [6, 6.07) is -0.921. The van der Waals surface area contributed by atoms with Gasteiger partial charge in [-0.1, -0.05) is 6.08 Å². The molecule has 1 aliphatic carbocycles. The highest BCUT2D eigenvalue weighted by Gasteiger charge is 2.50. The Balaban J connectivity index is 2.28. The summed E-state index contributed by atoms with van der Waals surface area (Å²) >= 11 is 1.44. The molecule has 0 spiro atoms. The zero-order valence-electron chi connectivity index (χ0n) is 9.28. The molecule has 0 radical (unpaired) electrons. The molecule has 96 valence electrons. The molecule has 5 nitrogen and oxygen atoms in total. The molecule has 2 aliphatic rings. The number of aliphatic carboxylic acids is 1. The molecule has 1 saturated carbocycles. The smallest absolute Gasteiger partial charge is 0.322 e. The second-order valence-corrected chi connectivity index (χ2v) is 7.38. The van der Waals surface area contributed by atoms with Crippen molar-refractivity contribution >= 4 is 27.8 Å². The van der Waals surface area contributed by atoms with Crippen LogP contribution >= 0.6 is 11.8 Å². The standard InChI is InChI=1S/C10H15NO4S2/c1-2-5-17(14,15)11-8(10(12)13)6-16-9(11)7-3-4-7/h2,7-9H,1,3-6H2,(H,12,13). The molecule has 7 heteroatoms. The first-order valence-corrected chi connectivity index (χ1v) is 8.09. The van der Waals surface area contributed by atoms with Crippen LogP contribution < -0.4 is 0 Å². The highest BCUT2D eigenvalue weighted by molar-refractivity contribution is 8.01. The summed E-state index contributed by atoms with van der Waals surface area (Å²) in [5.41, 5.74) is 0. The highest BCUT2D eigenvalue weighted by Crippen LogP contribution is 2.46. The average molecular weight is 277 g/mol. The highest BCUT2D eigenvalue weighted by atomic mass is 32.2. The molecule has 1 heterocycles. The lowest BCUT2D eigenvalue weighted by atomic mass is 10.3. The minimum Gasteiger partial charge on any atom is -0.480 e. The molecule has 1 saturated heterocycles. The minimum atomic E-state index is -3.54. The molecule has 2 unspecified atom stereocenters. The molecule has 2 atom stereocenters. The fourth-order valence-electron chi connectivity index (χ4n) is 2.01. The molecule has 2 rings (SSSR count). The third kappa shape index (κ3) is 2.51.